The highest BCUT2D eigenvalue weighted by atomic mass is 79.9. The molecule has 0 saturated carbocycles. The van der Waals surface area contributed by atoms with Gasteiger partial charge in [0.05, 0.1) is 10.3 Å². The van der Waals surface area contributed by atoms with Gasteiger partial charge in [-0.1, -0.05) is 31.9 Å². The molecule has 0 N–H and O–H groups in total. The highest BCUT2D eigenvalue weighted by Crippen LogP contribution is 2.06. The van der Waals surface area contributed by atoms with Crippen molar-refractivity contribution in [2.75, 3.05) is 13.2 Å². The molecule has 1 nitrogen and oxygen atoms in total. The molecule has 0 amide bonds. The average Bonchev–Trinajstić information content (AvgIpc) is 1.61. The zero-order chi connectivity index (χ0) is 5.70. The summed E-state index contributed by atoms with van der Waals surface area (Å²) in [5.41, 5.74) is 0. The lowest BCUT2D eigenvalue weighted by Crippen LogP contribution is -1.99. The minimum absolute atomic E-state index is 0.306. The molecule has 0 saturated heterocycles. The van der Waals surface area contributed by atoms with Gasteiger partial charge in [0.1, 0.15) is 0 Å². The van der Waals surface area contributed by atoms with E-state index in [2.05, 4.69) is 31.9 Å². The Hall–Kier alpha value is 0.920. The van der Waals surface area contributed by atoms with E-state index in [1.54, 1.807) is 0 Å². The summed E-state index contributed by atoms with van der Waals surface area (Å²) < 4.78 is 5.31. The summed E-state index contributed by atoms with van der Waals surface area (Å²) >= 11 is 6.53. The van der Waals surface area contributed by atoms with Crippen LogP contribution in [0.2, 0.25) is 0 Å². The predicted octanol–water partition coefficient (Wildman–Crippen LogP) is 2.14. The number of ether oxygens (including phenoxy) is 1. The van der Waals surface area contributed by atoms with Crippen LogP contribution >= 0.6 is 31.9 Å². The van der Waals surface area contributed by atoms with Gasteiger partial charge in [-0.15, -0.1) is 0 Å². The predicted molar refractivity (Wildman–Crippen MR) is 38.1 cm³/mol. The maximum absolute atomic E-state index is 5.00. The quantitative estimate of drug-likeness (QED) is 0.677. The summed E-state index contributed by atoms with van der Waals surface area (Å²) in [5, 5.41) is 0. The van der Waals surface area contributed by atoms with Crippen LogP contribution in [0, 0.1) is 0 Å². The van der Waals surface area contributed by atoms with Crippen LogP contribution in [0.3, 0.4) is 0 Å². The molecule has 44 valence electrons. The summed E-state index contributed by atoms with van der Waals surface area (Å²) in [6, 6.07) is 0. The summed E-state index contributed by atoms with van der Waals surface area (Å²) in [6.07, 6.45) is 0. The minimum Gasteiger partial charge on any atom is -0.380 e. The monoisotopic (exact) mass is 230 g/mol. The Morgan fingerprint density at radius 2 is 2.14 bits per heavy atom. The van der Waals surface area contributed by atoms with E-state index in [9.17, 15) is 0 Å². The molecule has 0 aromatic rings. The molecule has 0 unspecified atom stereocenters. The van der Waals surface area contributed by atoms with Crippen molar-refractivity contribution < 1.29 is 4.74 Å². The van der Waals surface area contributed by atoms with Crippen molar-refractivity contribution in [3.63, 3.8) is 0 Å². The van der Waals surface area contributed by atoms with Crippen LogP contribution in [0.25, 0.3) is 0 Å². The second kappa shape index (κ2) is 5.06. The molecular weight excluding hydrogens is 224 g/mol. The first-order valence-corrected chi connectivity index (χ1v) is 3.96. The van der Waals surface area contributed by atoms with Gasteiger partial charge in [0.15, 0.2) is 0 Å². The van der Waals surface area contributed by atoms with Gasteiger partial charge >= 0.3 is 0 Å². The molecular formula is C4H8Br2O. The highest BCUT2D eigenvalue weighted by molar-refractivity contribution is 9.24. The van der Waals surface area contributed by atoms with E-state index in [1.807, 2.05) is 6.92 Å². The van der Waals surface area contributed by atoms with Crippen LogP contribution in [0.1, 0.15) is 6.92 Å². The van der Waals surface area contributed by atoms with Gasteiger partial charge in [0.25, 0.3) is 0 Å². The first kappa shape index (κ1) is 7.92. The second-order valence-corrected chi connectivity index (χ2v) is 4.49. The molecule has 0 aliphatic carbocycles. The minimum atomic E-state index is 0.306. The first-order valence-electron chi connectivity index (χ1n) is 2.13. The third kappa shape index (κ3) is 6.92. The zero-order valence-corrected chi connectivity index (χ0v) is 7.33. The molecule has 3 heteroatoms. The van der Waals surface area contributed by atoms with Gasteiger partial charge in [0.2, 0.25) is 0 Å². The van der Waals surface area contributed by atoms with Gasteiger partial charge < -0.3 is 4.74 Å². The normalized spacial score (nSPS) is 10.3. The van der Waals surface area contributed by atoms with Crippen molar-refractivity contribution in [3.8, 4) is 0 Å². The molecule has 0 aliphatic rings. The van der Waals surface area contributed by atoms with Crippen LogP contribution in [0.4, 0.5) is 0 Å². The molecule has 0 fully saturated rings. The van der Waals surface area contributed by atoms with E-state index < -0.39 is 0 Å². The van der Waals surface area contributed by atoms with Crippen molar-refractivity contribution in [2.24, 2.45) is 0 Å². The average molecular weight is 232 g/mol. The third-order valence-electron chi connectivity index (χ3n) is 0.448. The number of hydrogen-bond donors (Lipinski definition) is 0. The summed E-state index contributed by atoms with van der Waals surface area (Å²) in [4.78, 5) is 0. The van der Waals surface area contributed by atoms with E-state index >= 15 is 0 Å². The molecule has 7 heavy (non-hydrogen) atoms. The van der Waals surface area contributed by atoms with Crippen molar-refractivity contribution in [1.82, 2.24) is 0 Å². The standard InChI is InChI=1S/C4H8Br2O/c1-2-7-3-4(5)6/h4H,2-3H2,1H3. The number of hydrogen-bond acceptors (Lipinski definition) is 1. The second-order valence-electron chi connectivity index (χ2n) is 1.05. The summed E-state index contributed by atoms with van der Waals surface area (Å²) in [6.45, 7) is 3.49. The molecule has 0 aromatic carbocycles. The molecule has 0 bridgehead atoms. The fourth-order valence-electron chi connectivity index (χ4n) is 0.207. The van der Waals surface area contributed by atoms with Gasteiger partial charge in [-0.2, -0.15) is 0 Å². The summed E-state index contributed by atoms with van der Waals surface area (Å²) in [5.74, 6) is 0. The Kier molecular flexibility index (Phi) is 5.73. The Morgan fingerprint density at radius 3 is 2.29 bits per heavy atom. The van der Waals surface area contributed by atoms with Crippen molar-refractivity contribution in [1.29, 1.82) is 0 Å². The smallest absolute Gasteiger partial charge is 0.0930 e. The number of halogens is 2. The highest BCUT2D eigenvalue weighted by Gasteiger charge is 1.92. The third-order valence-corrected chi connectivity index (χ3v) is 0.977. The molecule has 0 rings (SSSR count). The van der Waals surface area contributed by atoms with Crippen LogP contribution < -0.4 is 0 Å². The Bertz CT molecular complexity index is 38.7. The van der Waals surface area contributed by atoms with Gasteiger partial charge in [-0.25, -0.2) is 0 Å². The van der Waals surface area contributed by atoms with Crippen molar-refractivity contribution in [2.45, 2.75) is 10.7 Å². The largest absolute Gasteiger partial charge is 0.380 e. The fourth-order valence-corrected chi connectivity index (χ4v) is 0.581. The van der Waals surface area contributed by atoms with E-state index in [0.717, 1.165) is 13.2 Å². The Balaban J connectivity index is 2.68. The van der Waals surface area contributed by atoms with Crippen molar-refractivity contribution >= 4 is 31.9 Å². The van der Waals surface area contributed by atoms with Crippen molar-refractivity contribution in [3.05, 3.63) is 0 Å². The molecule has 0 aromatic heterocycles. The van der Waals surface area contributed by atoms with Gasteiger partial charge in [0, 0.05) is 6.61 Å². The van der Waals surface area contributed by atoms with E-state index in [1.165, 1.54) is 0 Å². The molecule has 0 radical (unpaired) electrons. The Morgan fingerprint density at radius 1 is 1.57 bits per heavy atom. The lowest BCUT2D eigenvalue weighted by Gasteiger charge is -1.98. The topological polar surface area (TPSA) is 9.23 Å². The summed E-state index contributed by atoms with van der Waals surface area (Å²) in [7, 11) is 0. The zero-order valence-electron chi connectivity index (χ0n) is 4.16. The van der Waals surface area contributed by atoms with E-state index in [4.69, 9.17) is 4.74 Å². The Labute approximate surface area is 60.7 Å². The van der Waals surface area contributed by atoms with Crippen LogP contribution in [-0.2, 0) is 4.74 Å². The fraction of sp³-hybridized carbons (Fsp3) is 1.00. The van der Waals surface area contributed by atoms with E-state index in [0.29, 0.717) is 3.74 Å². The molecule has 0 spiro atoms. The van der Waals surface area contributed by atoms with Gasteiger partial charge in [-0.3, -0.25) is 0 Å². The maximum Gasteiger partial charge on any atom is 0.0930 e. The lowest BCUT2D eigenvalue weighted by molar-refractivity contribution is 0.162. The molecule has 0 heterocycles. The van der Waals surface area contributed by atoms with Crippen LogP contribution in [-0.4, -0.2) is 17.0 Å². The number of rotatable bonds is 3. The molecule has 0 aliphatic heterocycles. The molecule has 0 atom stereocenters. The SMILES string of the molecule is CCOCC(Br)Br. The lowest BCUT2D eigenvalue weighted by atomic mass is 10.8. The maximum atomic E-state index is 5.00. The van der Waals surface area contributed by atoms with E-state index in [-0.39, 0.29) is 0 Å². The number of alkyl halides is 2. The first-order chi connectivity index (χ1) is 3.27. The van der Waals surface area contributed by atoms with Crippen LogP contribution in [0.15, 0.2) is 0 Å². The van der Waals surface area contributed by atoms with Gasteiger partial charge in [-0.05, 0) is 6.92 Å². The van der Waals surface area contributed by atoms with Crippen LogP contribution in [0.5, 0.6) is 0 Å².